The number of phenols is 1. The van der Waals surface area contributed by atoms with Crippen molar-refractivity contribution in [2.75, 3.05) is 49.1 Å². The van der Waals surface area contributed by atoms with Gasteiger partial charge in [0.05, 0.1) is 31.5 Å². The van der Waals surface area contributed by atoms with Crippen molar-refractivity contribution in [2.24, 2.45) is 5.10 Å². The standard InChI is InChI=1S/C21H22N8O5/c1-33-18-6-5-14(11-17(18)30)13-22-27-20-24-19(23-15-3-2-4-16(12-15)29(31)32)25-21(26-20)28-7-9-34-10-8-28/h2-6,11-13,30H,7-10H2,1H3,(H2,23,24,25,26,27)/b22-13+. The first-order valence-corrected chi connectivity index (χ1v) is 10.3. The maximum Gasteiger partial charge on any atom is 0.271 e. The number of aromatic nitrogens is 3. The number of benzene rings is 2. The van der Waals surface area contributed by atoms with E-state index in [0.29, 0.717) is 49.3 Å². The van der Waals surface area contributed by atoms with Gasteiger partial charge in [0.1, 0.15) is 0 Å². The van der Waals surface area contributed by atoms with Crippen LogP contribution in [0.1, 0.15) is 5.56 Å². The lowest BCUT2D eigenvalue weighted by molar-refractivity contribution is -0.384. The van der Waals surface area contributed by atoms with E-state index in [0.717, 1.165) is 0 Å². The molecule has 176 valence electrons. The molecule has 1 fully saturated rings. The summed E-state index contributed by atoms with van der Waals surface area (Å²) in [4.78, 5) is 25.7. The van der Waals surface area contributed by atoms with Crippen LogP contribution in [0.5, 0.6) is 11.5 Å². The van der Waals surface area contributed by atoms with Gasteiger partial charge in [-0.05, 0) is 29.8 Å². The number of nitro groups is 1. The number of phenolic OH excluding ortho intramolecular Hbond substituents is 1. The minimum absolute atomic E-state index is 0.00958. The zero-order valence-electron chi connectivity index (χ0n) is 18.2. The second-order valence-corrected chi connectivity index (χ2v) is 7.12. The number of methoxy groups -OCH3 is 1. The van der Waals surface area contributed by atoms with Gasteiger partial charge in [-0.25, -0.2) is 5.43 Å². The lowest BCUT2D eigenvalue weighted by atomic mass is 10.2. The van der Waals surface area contributed by atoms with E-state index in [-0.39, 0.29) is 23.3 Å². The SMILES string of the molecule is COc1ccc(/C=N/Nc2nc(Nc3cccc([N+](=O)[O-])c3)nc(N3CCOCC3)n2)cc1O. The summed E-state index contributed by atoms with van der Waals surface area (Å²) in [5, 5.41) is 28.1. The molecule has 1 saturated heterocycles. The number of nitro benzene ring substituents is 1. The largest absolute Gasteiger partial charge is 0.504 e. The lowest BCUT2D eigenvalue weighted by Crippen LogP contribution is -2.37. The Hall–Kier alpha value is -4.52. The van der Waals surface area contributed by atoms with Crippen molar-refractivity contribution in [1.29, 1.82) is 0 Å². The minimum Gasteiger partial charge on any atom is -0.504 e. The van der Waals surface area contributed by atoms with Crippen LogP contribution in [0, 0.1) is 10.1 Å². The summed E-state index contributed by atoms with van der Waals surface area (Å²) >= 11 is 0. The molecule has 0 aliphatic carbocycles. The third-order valence-electron chi connectivity index (χ3n) is 4.81. The van der Waals surface area contributed by atoms with E-state index in [4.69, 9.17) is 9.47 Å². The van der Waals surface area contributed by atoms with Gasteiger partial charge in [0.25, 0.3) is 5.69 Å². The number of hydrogen-bond donors (Lipinski definition) is 3. The summed E-state index contributed by atoms with van der Waals surface area (Å²) in [5.41, 5.74) is 3.79. The van der Waals surface area contributed by atoms with Crippen LogP contribution < -0.4 is 20.4 Å². The molecule has 2 heterocycles. The molecule has 4 rings (SSSR count). The van der Waals surface area contributed by atoms with Gasteiger partial charge in [-0.3, -0.25) is 10.1 Å². The molecule has 0 saturated carbocycles. The van der Waals surface area contributed by atoms with Crippen LogP contribution in [-0.2, 0) is 4.74 Å². The highest BCUT2D eigenvalue weighted by Crippen LogP contribution is 2.25. The Kier molecular flexibility index (Phi) is 6.93. The molecule has 13 nitrogen and oxygen atoms in total. The zero-order chi connectivity index (χ0) is 23.9. The van der Waals surface area contributed by atoms with Gasteiger partial charge in [-0.1, -0.05) is 6.07 Å². The third-order valence-corrected chi connectivity index (χ3v) is 4.81. The predicted molar refractivity (Wildman–Crippen MR) is 125 cm³/mol. The fourth-order valence-electron chi connectivity index (χ4n) is 3.15. The number of hydrazone groups is 1. The molecule has 0 unspecified atom stereocenters. The van der Waals surface area contributed by atoms with Crippen LogP contribution in [0.3, 0.4) is 0 Å². The van der Waals surface area contributed by atoms with Gasteiger partial charge in [0, 0.05) is 30.9 Å². The molecule has 0 amide bonds. The Balaban J connectivity index is 1.57. The number of non-ortho nitro benzene ring substituents is 1. The molecule has 1 aliphatic heterocycles. The summed E-state index contributed by atoms with van der Waals surface area (Å²) in [6.07, 6.45) is 1.49. The topological polar surface area (TPSA) is 160 Å². The molecular formula is C21H22N8O5. The van der Waals surface area contributed by atoms with Crippen molar-refractivity contribution in [3.05, 3.63) is 58.1 Å². The highest BCUT2D eigenvalue weighted by molar-refractivity contribution is 5.81. The number of ether oxygens (including phenoxy) is 2. The first kappa shape index (κ1) is 22.7. The van der Waals surface area contributed by atoms with Crippen molar-refractivity contribution in [3.63, 3.8) is 0 Å². The Morgan fingerprint density at radius 1 is 1.18 bits per heavy atom. The second kappa shape index (κ2) is 10.4. The number of nitrogens with zero attached hydrogens (tertiary/aromatic N) is 6. The fraction of sp³-hybridized carbons (Fsp3) is 0.238. The number of aromatic hydroxyl groups is 1. The Labute approximate surface area is 194 Å². The van der Waals surface area contributed by atoms with Gasteiger partial charge < -0.3 is 24.8 Å². The van der Waals surface area contributed by atoms with E-state index in [1.807, 2.05) is 4.90 Å². The Morgan fingerprint density at radius 3 is 2.71 bits per heavy atom. The highest BCUT2D eigenvalue weighted by atomic mass is 16.6. The van der Waals surface area contributed by atoms with Crippen LogP contribution in [0.2, 0.25) is 0 Å². The molecule has 0 atom stereocenters. The van der Waals surface area contributed by atoms with Crippen molar-refractivity contribution in [3.8, 4) is 11.5 Å². The maximum atomic E-state index is 11.1. The summed E-state index contributed by atoms with van der Waals surface area (Å²) < 4.78 is 10.4. The number of hydrogen-bond acceptors (Lipinski definition) is 12. The average molecular weight is 466 g/mol. The van der Waals surface area contributed by atoms with Gasteiger partial charge in [-0.2, -0.15) is 20.1 Å². The maximum absolute atomic E-state index is 11.1. The summed E-state index contributed by atoms with van der Waals surface area (Å²) in [6, 6.07) is 10.9. The van der Waals surface area contributed by atoms with Crippen LogP contribution in [0.25, 0.3) is 0 Å². The number of morpholine rings is 1. The molecule has 34 heavy (non-hydrogen) atoms. The number of nitrogens with one attached hydrogen (secondary N) is 2. The van der Waals surface area contributed by atoms with Crippen LogP contribution in [-0.4, -0.2) is 64.6 Å². The smallest absolute Gasteiger partial charge is 0.271 e. The summed E-state index contributed by atoms with van der Waals surface area (Å²) in [5.74, 6) is 1.11. The molecule has 0 spiro atoms. The van der Waals surface area contributed by atoms with E-state index >= 15 is 0 Å². The normalized spacial score (nSPS) is 13.6. The van der Waals surface area contributed by atoms with Crippen LogP contribution >= 0.6 is 0 Å². The monoisotopic (exact) mass is 466 g/mol. The van der Waals surface area contributed by atoms with Crippen LogP contribution in [0.15, 0.2) is 47.6 Å². The highest BCUT2D eigenvalue weighted by Gasteiger charge is 2.17. The first-order chi connectivity index (χ1) is 16.5. The number of rotatable bonds is 8. The fourth-order valence-corrected chi connectivity index (χ4v) is 3.15. The Bertz CT molecular complexity index is 1200. The minimum atomic E-state index is -0.476. The molecule has 0 radical (unpaired) electrons. The molecule has 3 aromatic rings. The van der Waals surface area contributed by atoms with E-state index in [1.165, 1.54) is 31.5 Å². The molecule has 1 aliphatic rings. The quantitative estimate of drug-likeness (QED) is 0.254. The van der Waals surface area contributed by atoms with E-state index in [2.05, 4.69) is 30.8 Å². The lowest BCUT2D eigenvalue weighted by Gasteiger charge is -2.27. The molecule has 13 heteroatoms. The molecular weight excluding hydrogens is 444 g/mol. The average Bonchev–Trinajstić information content (AvgIpc) is 2.85. The van der Waals surface area contributed by atoms with Crippen molar-refractivity contribution in [1.82, 2.24) is 15.0 Å². The predicted octanol–water partition coefficient (Wildman–Crippen LogP) is 2.52. The zero-order valence-corrected chi connectivity index (χ0v) is 18.2. The summed E-state index contributed by atoms with van der Waals surface area (Å²) in [6.45, 7) is 2.30. The van der Waals surface area contributed by atoms with E-state index < -0.39 is 4.92 Å². The Morgan fingerprint density at radius 2 is 1.97 bits per heavy atom. The van der Waals surface area contributed by atoms with Crippen molar-refractivity contribution >= 4 is 35.4 Å². The van der Waals surface area contributed by atoms with Crippen LogP contribution in [0.4, 0.5) is 29.2 Å². The van der Waals surface area contributed by atoms with Gasteiger partial charge in [-0.15, -0.1) is 0 Å². The van der Waals surface area contributed by atoms with E-state index in [1.54, 1.807) is 24.3 Å². The molecule has 2 aromatic carbocycles. The third kappa shape index (κ3) is 5.63. The first-order valence-electron chi connectivity index (χ1n) is 10.3. The number of anilines is 4. The van der Waals surface area contributed by atoms with Gasteiger partial charge in [0.2, 0.25) is 17.8 Å². The van der Waals surface area contributed by atoms with Crippen molar-refractivity contribution in [2.45, 2.75) is 0 Å². The summed E-state index contributed by atoms with van der Waals surface area (Å²) in [7, 11) is 1.47. The van der Waals surface area contributed by atoms with E-state index in [9.17, 15) is 15.2 Å². The van der Waals surface area contributed by atoms with Gasteiger partial charge in [0.15, 0.2) is 11.5 Å². The molecule has 0 bridgehead atoms. The molecule has 1 aromatic heterocycles. The second-order valence-electron chi connectivity index (χ2n) is 7.12. The molecule has 3 N–H and O–H groups in total. The van der Waals surface area contributed by atoms with Crippen molar-refractivity contribution < 1.29 is 19.5 Å². The van der Waals surface area contributed by atoms with Gasteiger partial charge >= 0.3 is 0 Å².